The van der Waals surface area contributed by atoms with Crippen molar-refractivity contribution in [2.24, 2.45) is 5.73 Å². The van der Waals surface area contributed by atoms with E-state index in [0.29, 0.717) is 0 Å². The fourth-order valence-corrected chi connectivity index (χ4v) is 3.03. The molecule has 2 rings (SSSR count). The first-order chi connectivity index (χ1) is 8.63. The van der Waals surface area contributed by atoms with Crippen LogP contribution in [0.15, 0.2) is 22.7 Å². The van der Waals surface area contributed by atoms with E-state index < -0.39 is 0 Å². The Morgan fingerprint density at radius 1 is 1.44 bits per heavy atom. The number of hydrogen-bond acceptors (Lipinski definition) is 2. The number of nitrogens with two attached hydrogens (primary N) is 1. The van der Waals surface area contributed by atoms with Gasteiger partial charge in [-0.2, -0.15) is 0 Å². The van der Waals surface area contributed by atoms with Gasteiger partial charge in [0, 0.05) is 28.8 Å². The van der Waals surface area contributed by atoms with Crippen molar-refractivity contribution in [1.29, 1.82) is 0 Å². The largest absolute Gasteiger partial charge is 0.369 e. The lowest BCUT2D eigenvalue weighted by Crippen LogP contribution is -2.26. The quantitative estimate of drug-likeness (QED) is 0.851. The Bertz CT molecular complexity index is 399. The van der Waals surface area contributed by atoms with Gasteiger partial charge in [0.1, 0.15) is 0 Å². The van der Waals surface area contributed by atoms with Gasteiger partial charge in [-0.15, -0.1) is 0 Å². The zero-order valence-corrected chi connectivity index (χ0v) is 12.9. The molecule has 3 heteroatoms. The Hall–Kier alpha value is -0.540. The van der Waals surface area contributed by atoms with Crippen molar-refractivity contribution < 1.29 is 0 Å². The van der Waals surface area contributed by atoms with Gasteiger partial charge in [-0.25, -0.2) is 0 Å². The molecule has 1 saturated carbocycles. The van der Waals surface area contributed by atoms with Crippen molar-refractivity contribution in [3.05, 3.63) is 28.2 Å². The molecule has 2 nitrogen and oxygen atoms in total. The summed E-state index contributed by atoms with van der Waals surface area (Å²) >= 11 is 3.65. The molecule has 18 heavy (non-hydrogen) atoms. The van der Waals surface area contributed by atoms with Gasteiger partial charge >= 0.3 is 0 Å². The molecule has 0 bridgehead atoms. The molecule has 1 aliphatic rings. The SMILES string of the molecule is CCCCN(c1ccc([C@@H](C)N)c(Br)c1)C1CC1. The Labute approximate surface area is 119 Å². The zero-order valence-electron chi connectivity index (χ0n) is 11.3. The minimum atomic E-state index is 0.0819. The maximum absolute atomic E-state index is 5.95. The molecule has 0 unspecified atom stereocenters. The van der Waals surface area contributed by atoms with E-state index in [1.807, 2.05) is 6.92 Å². The van der Waals surface area contributed by atoms with Gasteiger partial charge in [-0.1, -0.05) is 35.3 Å². The van der Waals surface area contributed by atoms with Gasteiger partial charge in [-0.3, -0.25) is 0 Å². The average Bonchev–Trinajstić information content (AvgIpc) is 3.13. The van der Waals surface area contributed by atoms with Crippen molar-refractivity contribution in [3.8, 4) is 0 Å². The van der Waals surface area contributed by atoms with Crippen molar-refractivity contribution in [3.63, 3.8) is 0 Å². The molecule has 1 aromatic carbocycles. The molecule has 0 radical (unpaired) electrons. The fourth-order valence-electron chi connectivity index (χ4n) is 2.30. The zero-order chi connectivity index (χ0) is 13.1. The van der Waals surface area contributed by atoms with Gasteiger partial charge in [0.15, 0.2) is 0 Å². The topological polar surface area (TPSA) is 29.3 Å². The molecule has 1 fully saturated rings. The standard InChI is InChI=1S/C15H23BrN2/c1-3-4-9-18(12-5-6-12)13-7-8-14(11(2)17)15(16)10-13/h7-8,10-12H,3-6,9,17H2,1-2H3/t11-/m1/s1. The predicted molar refractivity (Wildman–Crippen MR) is 82.0 cm³/mol. The van der Waals surface area contributed by atoms with Crippen LogP contribution in [0.3, 0.4) is 0 Å². The van der Waals surface area contributed by atoms with Crippen LogP contribution >= 0.6 is 15.9 Å². The molecule has 100 valence electrons. The minimum Gasteiger partial charge on any atom is -0.369 e. The number of benzene rings is 1. The highest BCUT2D eigenvalue weighted by Crippen LogP contribution is 2.34. The summed E-state index contributed by atoms with van der Waals surface area (Å²) in [5.41, 5.74) is 8.47. The van der Waals surface area contributed by atoms with Crippen LogP contribution in [0.25, 0.3) is 0 Å². The lowest BCUT2D eigenvalue weighted by atomic mass is 10.1. The second-order valence-electron chi connectivity index (χ2n) is 5.27. The second kappa shape index (κ2) is 6.07. The molecule has 1 atom stereocenters. The first-order valence-electron chi connectivity index (χ1n) is 6.95. The molecule has 1 aromatic rings. The van der Waals surface area contributed by atoms with Crippen LogP contribution in [0.2, 0.25) is 0 Å². The van der Waals surface area contributed by atoms with Gasteiger partial charge in [0.2, 0.25) is 0 Å². The van der Waals surface area contributed by atoms with Crippen molar-refractivity contribution in [1.82, 2.24) is 0 Å². The number of rotatable bonds is 6. The third kappa shape index (κ3) is 3.27. The third-order valence-corrected chi connectivity index (χ3v) is 4.23. The summed E-state index contributed by atoms with van der Waals surface area (Å²) < 4.78 is 1.14. The molecule has 0 saturated heterocycles. The lowest BCUT2D eigenvalue weighted by molar-refractivity contribution is 0.712. The Morgan fingerprint density at radius 2 is 2.17 bits per heavy atom. The third-order valence-electron chi connectivity index (χ3n) is 3.55. The highest BCUT2D eigenvalue weighted by molar-refractivity contribution is 9.10. The Balaban J connectivity index is 2.17. The molecule has 0 aromatic heterocycles. The number of unbranched alkanes of at least 4 members (excludes halogenated alkanes) is 1. The monoisotopic (exact) mass is 310 g/mol. The van der Waals surface area contributed by atoms with E-state index in [1.165, 1.54) is 43.5 Å². The Kier molecular flexibility index (Phi) is 4.68. The van der Waals surface area contributed by atoms with E-state index >= 15 is 0 Å². The maximum atomic E-state index is 5.95. The second-order valence-corrected chi connectivity index (χ2v) is 6.13. The van der Waals surface area contributed by atoms with Gasteiger partial charge in [0.25, 0.3) is 0 Å². The van der Waals surface area contributed by atoms with Crippen LogP contribution in [-0.2, 0) is 0 Å². The van der Waals surface area contributed by atoms with Gasteiger partial charge in [-0.05, 0) is 43.9 Å². The summed E-state index contributed by atoms with van der Waals surface area (Å²) in [5.74, 6) is 0. The smallest absolute Gasteiger partial charge is 0.0380 e. The van der Waals surface area contributed by atoms with Gasteiger partial charge in [0.05, 0.1) is 0 Å². The summed E-state index contributed by atoms with van der Waals surface area (Å²) in [6, 6.07) is 7.46. The summed E-state index contributed by atoms with van der Waals surface area (Å²) in [7, 11) is 0. The molecular formula is C15H23BrN2. The van der Waals surface area contributed by atoms with E-state index in [-0.39, 0.29) is 6.04 Å². The normalized spacial score (nSPS) is 16.7. The molecule has 1 aliphatic carbocycles. The molecule has 2 N–H and O–H groups in total. The number of anilines is 1. The summed E-state index contributed by atoms with van der Waals surface area (Å²) in [5, 5.41) is 0. The average molecular weight is 311 g/mol. The van der Waals surface area contributed by atoms with E-state index in [2.05, 4.69) is 46.0 Å². The molecule has 0 amide bonds. The molecule has 0 spiro atoms. The fraction of sp³-hybridized carbons (Fsp3) is 0.600. The number of hydrogen-bond donors (Lipinski definition) is 1. The van der Waals surface area contributed by atoms with Crippen LogP contribution in [0.4, 0.5) is 5.69 Å². The van der Waals surface area contributed by atoms with E-state index in [0.717, 1.165) is 10.5 Å². The summed E-state index contributed by atoms with van der Waals surface area (Å²) in [6.45, 7) is 5.45. The summed E-state index contributed by atoms with van der Waals surface area (Å²) in [6.07, 6.45) is 5.21. The molecule has 0 heterocycles. The number of halogens is 1. The van der Waals surface area contributed by atoms with Crippen LogP contribution in [-0.4, -0.2) is 12.6 Å². The van der Waals surface area contributed by atoms with E-state index in [1.54, 1.807) is 0 Å². The maximum Gasteiger partial charge on any atom is 0.0380 e. The van der Waals surface area contributed by atoms with Gasteiger partial charge < -0.3 is 10.6 Å². The van der Waals surface area contributed by atoms with E-state index in [4.69, 9.17) is 5.73 Å². The first-order valence-corrected chi connectivity index (χ1v) is 7.74. The summed E-state index contributed by atoms with van der Waals surface area (Å²) in [4.78, 5) is 2.55. The van der Waals surface area contributed by atoms with Crippen molar-refractivity contribution >= 4 is 21.6 Å². The highest BCUT2D eigenvalue weighted by atomic mass is 79.9. The highest BCUT2D eigenvalue weighted by Gasteiger charge is 2.29. The number of nitrogens with zero attached hydrogens (tertiary/aromatic N) is 1. The predicted octanol–water partition coefficient (Wildman–Crippen LogP) is 4.24. The lowest BCUT2D eigenvalue weighted by Gasteiger charge is -2.25. The first kappa shape index (κ1) is 13.9. The minimum absolute atomic E-state index is 0.0819. The van der Waals surface area contributed by atoms with E-state index in [9.17, 15) is 0 Å². The van der Waals surface area contributed by atoms with Crippen LogP contribution in [0.5, 0.6) is 0 Å². The van der Waals surface area contributed by atoms with Crippen LogP contribution in [0, 0.1) is 0 Å². The van der Waals surface area contributed by atoms with Crippen molar-refractivity contribution in [2.75, 3.05) is 11.4 Å². The van der Waals surface area contributed by atoms with Crippen LogP contribution < -0.4 is 10.6 Å². The van der Waals surface area contributed by atoms with Crippen molar-refractivity contribution in [2.45, 2.75) is 51.6 Å². The Morgan fingerprint density at radius 3 is 2.67 bits per heavy atom. The van der Waals surface area contributed by atoms with Crippen LogP contribution in [0.1, 0.15) is 51.1 Å². The molecule has 0 aliphatic heterocycles. The molecular weight excluding hydrogens is 288 g/mol.